The van der Waals surface area contributed by atoms with E-state index in [9.17, 15) is 5.11 Å². The van der Waals surface area contributed by atoms with Crippen LogP contribution in [0.5, 0.6) is 0 Å². The second kappa shape index (κ2) is 10.3. The molecule has 1 saturated heterocycles. The topological polar surface area (TPSA) is 38.7 Å². The van der Waals surface area contributed by atoms with Crippen molar-refractivity contribution in [3.8, 4) is 0 Å². The van der Waals surface area contributed by atoms with Crippen molar-refractivity contribution < 1.29 is 14.3 Å². The van der Waals surface area contributed by atoms with Crippen LogP contribution in [-0.4, -0.2) is 27.4 Å². The second-order valence-corrected chi connectivity index (χ2v) is 15.1. The van der Waals surface area contributed by atoms with E-state index in [1.54, 1.807) is 23.1 Å². The number of hydrogen-bond donors (Lipinski definition) is 1. The molecule has 3 nitrogen and oxygen atoms in total. The minimum absolute atomic E-state index is 0.123. The van der Waals surface area contributed by atoms with Crippen LogP contribution in [0.4, 0.5) is 0 Å². The van der Waals surface area contributed by atoms with Crippen molar-refractivity contribution in [2.24, 2.45) is 5.41 Å². The molecule has 1 fully saturated rings. The van der Waals surface area contributed by atoms with Crippen molar-refractivity contribution in [3.05, 3.63) is 82.7 Å². The molecule has 1 aliphatic rings. The molecule has 1 aliphatic heterocycles. The third-order valence-corrected chi connectivity index (χ3v) is 9.73. The molecule has 1 N–H and O–H groups in total. The van der Waals surface area contributed by atoms with E-state index in [4.69, 9.17) is 9.16 Å². The van der Waals surface area contributed by atoms with Gasteiger partial charge in [0.25, 0.3) is 0 Å². The van der Waals surface area contributed by atoms with Crippen LogP contribution in [0.15, 0.2) is 75.8 Å². The zero-order valence-corrected chi connectivity index (χ0v) is 23.6. The first-order valence-electron chi connectivity index (χ1n) is 12.1. The lowest BCUT2D eigenvalue weighted by atomic mass is 9.68. The highest BCUT2D eigenvalue weighted by Gasteiger charge is 2.46. The van der Waals surface area contributed by atoms with Gasteiger partial charge in [-0.2, -0.15) is 0 Å². The van der Waals surface area contributed by atoms with Crippen molar-refractivity contribution >= 4 is 32.1 Å². The normalized spacial score (nSPS) is 18.1. The Balaban J connectivity index is 1.62. The SMILES string of the molecule is C[SiH](C)OC(c1ccccc1)(c1ccc(Sc2ccc(C3(O)CCOCC3)s2)cc1)C(C)(C)C. The minimum atomic E-state index is -1.36. The van der Waals surface area contributed by atoms with Gasteiger partial charge in [0, 0.05) is 35.8 Å². The van der Waals surface area contributed by atoms with Crippen molar-refractivity contribution in [1.82, 2.24) is 0 Å². The van der Waals surface area contributed by atoms with Gasteiger partial charge in [0.05, 0.1) is 4.21 Å². The Morgan fingerprint density at radius 1 is 0.912 bits per heavy atom. The number of ether oxygens (including phenoxy) is 1. The van der Waals surface area contributed by atoms with Gasteiger partial charge in [0.2, 0.25) is 0 Å². The van der Waals surface area contributed by atoms with Gasteiger partial charge in [-0.1, -0.05) is 75.0 Å². The van der Waals surface area contributed by atoms with E-state index in [1.807, 2.05) is 0 Å². The molecule has 182 valence electrons. The molecule has 0 saturated carbocycles. The van der Waals surface area contributed by atoms with Gasteiger partial charge < -0.3 is 14.3 Å². The molecule has 0 aliphatic carbocycles. The lowest BCUT2D eigenvalue weighted by molar-refractivity contribution is -0.0656. The Hall–Kier alpha value is -1.41. The molecule has 0 amide bonds. The number of benzene rings is 2. The maximum atomic E-state index is 11.0. The molecule has 4 rings (SSSR count). The molecule has 1 aromatic heterocycles. The average Bonchev–Trinajstić information content (AvgIpc) is 3.28. The van der Waals surface area contributed by atoms with E-state index in [0.29, 0.717) is 26.1 Å². The molecule has 6 heteroatoms. The Bertz CT molecular complexity index is 1070. The third-order valence-electron chi connectivity index (χ3n) is 6.49. The highest BCUT2D eigenvalue weighted by atomic mass is 32.2. The van der Waals surface area contributed by atoms with Crippen molar-refractivity contribution in [2.75, 3.05) is 13.2 Å². The van der Waals surface area contributed by atoms with E-state index < -0.39 is 20.2 Å². The smallest absolute Gasteiger partial charge is 0.172 e. The fraction of sp³-hybridized carbons (Fsp3) is 0.429. The fourth-order valence-corrected chi connectivity index (χ4v) is 8.41. The monoisotopic (exact) mass is 512 g/mol. The van der Waals surface area contributed by atoms with Crippen molar-refractivity contribution in [2.45, 2.75) is 67.0 Å². The summed E-state index contributed by atoms with van der Waals surface area (Å²) in [6.45, 7) is 12.5. The second-order valence-electron chi connectivity index (χ2n) is 10.4. The summed E-state index contributed by atoms with van der Waals surface area (Å²) in [5.41, 5.74) is 1.03. The summed E-state index contributed by atoms with van der Waals surface area (Å²) in [4.78, 5) is 2.23. The molecular formula is C28H36O3S2Si. The van der Waals surface area contributed by atoms with E-state index in [0.717, 1.165) is 4.88 Å². The van der Waals surface area contributed by atoms with E-state index in [2.05, 4.69) is 101 Å². The van der Waals surface area contributed by atoms with Gasteiger partial charge in [0.1, 0.15) is 11.2 Å². The van der Waals surface area contributed by atoms with Crippen LogP contribution >= 0.6 is 23.1 Å². The van der Waals surface area contributed by atoms with Gasteiger partial charge in [-0.05, 0) is 53.9 Å². The van der Waals surface area contributed by atoms with Crippen LogP contribution in [-0.2, 0) is 20.4 Å². The van der Waals surface area contributed by atoms with Gasteiger partial charge >= 0.3 is 0 Å². The summed E-state index contributed by atoms with van der Waals surface area (Å²) in [5.74, 6) is 0. The first-order chi connectivity index (χ1) is 16.1. The zero-order valence-electron chi connectivity index (χ0n) is 20.8. The molecule has 0 radical (unpaired) electrons. The van der Waals surface area contributed by atoms with Crippen LogP contribution in [0.25, 0.3) is 0 Å². The minimum Gasteiger partial charge on any atom is -0.406 e. The molecule has 34 heavy (non-hydrogen) atoms. The maximum absolute atomic E-state index is 11.0. The zero-order chi connectivity index (χ0) is 24.4. The van der Waals surface area contributed by atoms with Crippen LogP contribution in [0.3, 0.4) is 0 Å². The molecule has 0 spiro atoms. The Morgan fingerprint density at radius 3 is 2.12 bits per heavy atom. The quantitative estimate of drug-likeness (QED) is 0.340. The lowest BCUT2D eigenvalue weighted by Gasteiger charge is -2.47. The summed E-state index contributed by atoms with van der Waals surface area (Å²) in [6, 6.07) is 23.7. The van der Waals surface area contributed by atoms with Gasteiger partial charge in [0.15, 0.2) is 9.04 Å². The van der Waals surface area contributed by atoms with E-state index >= 15 is 0 Å². The summed E-state index contributed by atoms with van der Waals surface area (Å²) >= 11 is 3.44. The molecule has 2 aromatic carbocycles. The Kier molecular flexibility index (Phi) is 7.77. The summed E-state index contributed by atoms with van der Waals surface area (Å²) in [5, 5.41) is 11.0. The predicted octanol–water partition coefficient (Wildman–Crippen LogP) is 7.19. The van der Waals surface area contributed by atoms with Crippen LogP contribution in [0, 0.1) is 5.41 Å². The third kappa shape index (κ3) is 5.22. The van der Waals surface area contributed by atoms with Crippen LogP contribution in [0.2, 0.25) is 13.1 Å². The lowest BCUT2D eigenvalue weighted by Crippen LogP contribution is -2.46. The predicted molar refractivity (Wildman–Crippen MR) is 145 cm³/mol. The molecule has 0 bridgehead atoms. The maximum Gasteiger partial charge on any atom is 0.172 e. The first kappa shape index (κ1) is 25.7. The summed E-state index contributed by atoms with van der Waals surface area (Å²) in [6.07, 6.45) is 1.33. The fourth-order valence-electron chi connectivity index (χ4n) is 4.83. The molecule has 3 aromatic rings. The average molecular weight is 513 g/mol. The Labute approximate surface area is 214 Å². The highest BCUT2D eigenvalue weighted by molar-refractivity contribution is 8.01. The van der Waals surface area contributed by atoms with Gasteiger partial charge in [-0.15, -0.1) is 11.3 Å². The standard InChI is InChI=1S/C28H36O3S2Si/c1-26(2,3)28(31-34(4)5,21-9-7-6-8-10-21)22-11-13-23(14-12-22)32-25-16-15-24(33-25)27(29)17-19-30-20-18-27/h6-16,29,34H,17-20H2,1-5H3. The van der Waals surface area contributed by atoms with E-state index in [1.165, 1.54) is 20.2 Å². The Morgan fingerprint density at radius 2 is 1.53 bits per heavy atom. The van der Waals surface area contributed by atoms with Gasteiger partial charge in [-0.25, -0.2) is 0 Å². The molecule has 2 heterocycles. The number of thiophene rings is 1. The number of aliphatic hydroxyl groups is 1. The van der Waals surface area contributed by atoms with Gasteiger partial charge in [-0.3, -0.25) is 0 Å². The summed E-state index contributed by atoms with van der Waals surface area (Å²) < 4.78 is 13.5. The van der Waals surface area contributed by atoms with Crippen LogP contribution in [0.1, 0.15) is 49.6 Å². The van der Waals surface area contributed by atoms with E-state index in [-0.39, 0.29) is 5.41 Å². The first-order valence-corrected chi connectivity index (χ1v) is 16.5. The molecular weight excluding hydrogens is 477 g/mol. The summed E-state index contributed by atoms with van der Waals surface area (Å²) in [7, 11) is -1.36. The van der Waals surface area contributed by atoms with Crippen molar-refractivity contribution in [1.29, 1.82) is 0 Å². The number of rotatable bonds is 7. The van der Waals surface area contributed by atoms with Crippen molar-refractivity contribution in [3.63, 3.8) is 0 Å². The highest BCUT2D eigenvalue weighted by Crippen LogP contribution is 2.49. The molecule has 1 unspecified atom stereocenters. The number of hydrogen-bond acceptors (Lipinski definition) is 5. The molecule has 1 atom stereocenters. The largest absolute Gasteiger partial charge is 0.406 e. The van der Waals surface area contributed by atoms with Crippen LogP contribution < -0.4 is 0 Å².